The third kappa shape index (κ3) is 3.53. The SMILES string of the molecule is CC(N[C@H](C)c1ccccn1)C(=O)NC1CC1. The van der Waals surface area contributed by atoms with Crippen LogP contribution >= 0.6 is 0 Å². The lowest BCUT2D eigenvalue weighted by Crippen LogP contribution is -2.44. The number of amides is 1. The maximum atomic E-state index is 11.8. The highest BCUT2D eigenvalue weighted by atomic mass is 16.2. The fraction of sp³-hybridized carbons (Fsp3) is 0.538. The summed E-state index contributed by atoms with van der Waals surface area (Å²) in [5, 5.41) is 6.24. The van der Waals surface area contributed by atoms with E-state index in [1.165, 1.54) is 0 Å². The molecule has 0 spiro atoms. The molecule has 1 aliphatic carbocycles. The van der Waals surface area contributed by atoms with Gasteiger partial charge in [-0.05, 0) is 38.8 Å². The van der Waals surface area contributed by atoms with E-state index in [-0.39, 0.29) is 18.0 Å². The standard InChI is InChI=1S/C13H19N3O/c1-9(12-5-3-4-8-14-12)15-10(2)13(17)16-11-6-7-11/h3-5,8-11,15H,6-7H2,1-2H3,(H,16,17)/t9-,10?/m1/s1. The average Bonchev–Trinajstić information content (AvgIpc) is 3.14. The van der Waals surface area contributed by atoms with E-state index < -0.39 is 0 Å². The number of aromatic nitrogens is 1. The Hall–Kier alpha value is -1.42. The quantitative estimate of drug-likeness (QED) is 0.808. The van der Waals surface area contributed by atoms with E-state index in [2.05, 4.69) is 15.6 Å². The van der Waals surface area contributed by atoms with Crippen LogP contribution in [0.5, 0.6) is 0 Å². The largest absolute Gasteiger partial charge is 0.352 e. The monoisotopic (exact) mass is 233 g/mol. The number of hydrogen-bond donors (Lipinski definition) is 2. The Kier molecular flexibility index (Phi) is 3.74. The van der Waals surface area contributed by atoms with Gasteiger partial charge >= 0.3 is 0 Å². The normalized spacial score (nSPS) is 18.5. The van der Waals surface area contributed by atoms with Crippen molar-refractivity contribution >= 4 is 5.91 Å². The lowest BCUT2D eigenvalue weighted by molar-refractivity contribution is -0.123. The summed E-state index contributed by atoms with van der Waals surface area (Å²) in [6, 6.07) is 6.11. The highest BCUT2D eigenvalue weighted by Gasteiger charge is 2.26. The van der Waals surface area contributed by atoms with Crippen LogP contribution in [0.4, 0.5) is 0 Å². The molecule has 1 aromatic rings. The van der Waals surface area contributed by atoms with Gasteiger partial charge in [0.05, 0.1) is 11.7 Å². The van der Waals surface area contributed by atoms with Gasteiger partial charge in [-0.3, -0.25) is 15.1 Å². The van der Waals surface area contributed by atoms with Crippen LogP contribution in [0.1, 0.15) is 38.4 Å². The van der Waals surface area contributed by atoms with Crippen molar-refractivity contribution in [1.82, 2.24) is 15.6 Å². The lowest BCUT2D eigenvalue weighted by atomic mass is 10.2. The van der Waals surface area contributed by atoms with E-state index >= 15 is 0 Å². The molecule has 2 rings (SSSR count). The summed E-state index contributed by atoms with van der Waals surface area (Å²) in [7, 11) is 0. The topological polar surface area (TPSA) is 54.0 Å². The summed E-state index contributed by atoms with van der Waals surface area (Å²) in [4.78, 5) is 16.0. The molecule has 1 aliphatic rings. The molecule has 4 nitrogen and oxygen atoms in total. The zero-order valence-corrected chi connectivity index (χ0v) is 10.3. The number of rotatable bonds is 5. The second-order valence-corrected chi connectivity index (χ2v) is 4.65. The van der Waals surface area contributed by atoms with Crippen molar-refractivity contribution in [3.05, 3.63) is 30.1 Å². The third-order valence-corrected chi connectivity index (χ3v) is 2.95. The van der Waals surface area contributed by atoms with Crippen molar-refractivity contribution in [2.24, 2.45) is 0 Å². The first-order valence-corrected chi connectivity index (χ1v) is 6.14. The Bertz CT molecular complexity index is 376. The molecule has 0 saturated heterocycles. The molecule has 4 heteroatoms. The van der Waals surface area contributed by atoms with Crippen molar-refractivity contribution in [2.75, 3.05) is 0 Å². The highest BCUT2D eigenvalue weighted by molar-refractivity contribution is 5.81. The molecular weight excluding hydrogens is 214 g/mol. The molecule has 92 valence electrons. The number of nitrogens with zero attached hydrogens (tertiary/aromatic N) is 1. The van der Waals surface area contributed by atoms with Crippen LogP contribution in [-0.2, 0) is 4.79 Å². The molecule has 1 saturated carbocycles. The maximum absolute atomic E-state index is 11.8. The molecule has 1 fully saturated rings. The summed E-state index contributed by atoms with van der Waals surface area (Å²) in [5.74, 6) is 0.0790. The van der Waals surface area contributed by atoms with Gasteiger partial charge in [-0.15, -0.1) is 0 Å². The van der Waals surface area contributed by atoms with E-state index in [4.69, 9.17) is 0 Å². The summed E-state index contributed by atoms with van der Waals surface area (Å²) >= 11 is 0. The van der Waals surface area contributed by atoms with Crippen LogP contribution < -0.4 is 10.6 Å². The Balaban J connectivity index is 1.84. The first-order chi connectivity index (χ1) is 8.16. The molecule has 17 heavy (non-hydrogen) atoms. The predicted molar refractivity (Wildman–Crippen MR) is 66.4 cm³/mol. The first-order valence-electron chi connectivity index (χ1n) is 6.14. The van der Waals surface area contributed by atoms with Crippen molar-refractivity contribution < 1.29 is 4.79 Å². The van der Waals surface area contributed by atoms with Gasteiger partial charge in [0.2, 0.25) is 5.91 Å². The third-order valence-electron chi connectivity index (χ3n) is 2.95. The Morgan fingerprint density at radius 3 is 2.76 bits per heavy atom. The molecule has 0 aliphatic heterocycles. The van der Waals surface area contributed by atoms with Gasteiger partial charge in [-0.1, -0.05) is 6.07 Å². The molecule has 0 bridgehead atoms. The summed E-state index contributed by atoms with van der Waals surface area (Å²) in [6.45, 7) is 3.90. The Labute approximate surface area is 102 Å². The highest BCUT2D eigenvalue weighted by Crippen LogP contribution is 2.18. The van der Waals surface area contributed by atoms with Crippen molar-refractivity contribution in [3.8, 4) is 0 Å². The average molecular weight is 233 g/mol. The van der Waals surface area contributed by atoms with Crippen molar-refractivity contribution in [1.29, 1.82) is 0 Å². The van der Waals surface area contributed by atoms with Gasteiger partial charge in [0.15, 0.2) is 0 Å². The summed E-state index contributed by atoms with van der Waals surface area (Å²) in [6.07, 6.45) is 4.00. The minimum atomic E-state index is -0.187. The van der Waals surface area contributed by atoms with E-state index in [9.17, 15) is 4.79 Å². The molecule has 0 aromatic carbocycles. The van der Waals surface area contributed by atoms with Gasteiger partial charge in [-0.25, -0.2) is 0 Å². The van der Waals surface area contributed by atoms with E-state index in [1.54, 1.807) is 6.20 Å². The predicted octanol–water partition coefficient (Wildman–Crippen LogP) is 1.40. The molecule has 2 N–H and O–H groups in total. The maximum Gasteiger partial charge on any atom is 0.237 e. The Morgan fingerprint density at radius 1 is 1.41 bits per heavy atom. The molecule has 1 amide bonds. The lowest BCUT2D eigenvalue weighted by Gasteiger charge is -2.19. The number of carbonyl (C=O) groups is 1. The molecule has 1 heterocycles. The van der Waals surface area contributed by atoms with Crippen molar-refractivity contribution in [3.63, 3.8) is 0 Å². The van der Waals surface area contributed by atoms with Crippen molar-refractivity contribution in [2.45, 2.75) is 44.8 Å². The van der Waals surface area contributed by atoms with Crippen LogP contribution in [0.3, 0.4) is 0 Å². The fourth-order valence-electron chi connectivity index (χ4n) is 1.72. The fourth-order valence-corrected chi connectivity index (χ4v) is 1.72. The van der Waals surface area contributed by atoms with Gasteiger partial charge in [0, 0.05) is 18.3 Å². The van der Waals surface area contributed by atoms with Gasteiger partial charge in [0.25, 0.3) is 0 Å². The number of nitrogens with one attached hydrogen (secondary N) is 2. The van der Waals surface area contributed by atoms with Gasteiger partial charge in [0.1, 0.15) is 0 Å². The smallest absolute Gasteiger partial charge is 0.237 e. The van der Waals surface area contributed by atoms with Crippen LogP contribution in [0.25, 0.3) is 0 Å². The molecular formula is C13H19N3O. The van der Waals surface area contributed by atoms with Crippen LogP contribution in [0.2, 0.25) is 0 Å². The number of carbonyl (C=O) groups excluding carboxylic acids is 1. The molecule has 1 unspecified atom stereocenters. The van der Waals surface area contributed by atoms with E-state index in [1.807, 2.05) is 32.0 Å². The molecule has 1 aromatic heterocycles. The second-order valence-electron chi connectivity index (χ2n) is 4.65. The Morgan fingerprint density at radius 2 is 2.18 bits per heavy atom. The zero-order chi connectivity index (χ0) is 12.3. The zero-order valence-electron chi connectivity index (χ0n) is 10.3. The van der Waals surface area contributed by atoms with Gasteiger partial charge in [-0.2, -0.15) is 0 Å². The number of pyridine rings is 1. The number of hydrogen-bond acceptors (Lipinski definition) is 3. The minimum Gasteiger partial charge on any atom is -0.352 e. The summed E-state index contributed by atoms with van der Waals surface area (Å²) < 4.78 is 0. The first kappa shape index (κ1) is 12.0. The minimum absolute atomic E-state index is 0.0790. The van der Waals surface area contributed by atoms with Crippen LogP contribution in [0.15, 0.2) is 24.4 Å². The van der Waals surface area contributed by atoms with E-state index in [0.29, 0.717) is 6.04 Å². The summed E-state index contributed by atoms with van der Waals surface area (Å²) in [5.41, 5.74) is 0.957. The van der Waals surface area contributed by atoms with Crippen LogP contribution in [-0.4, -0.2) is 23.0 Å². The van der Waals surface area contributed by atoms with E-state index in [0.717, 1.165) is 18.5 Å². The molecule has 2 atom stereocenters. The van der Waals surface area contributed by atoms with Gasteiger partial charge < -0.3 is 5.32 Å². The second kappa shape index (κ2) is 5.27. The molecule has 0 radical (unpaired) electrons. The van der Waals surface area contributed by atoms with Crippen LogP contribution in [0, 0.1) is 0 Å².